The number of hydrogen-bond donors (Lipinski definition) is 1. The maximum absolute atomic E-state index is 12.3. The highest BCUT2D eigenvalue weighted by atomic mass is 32.1. The van der Waals surface area contributed by atoms with Crippen molar-refractivity contribution in [3.8, 4) is 5.75 Å². The van der Waals surface area contributed by atoms with Crippen LogP contribution in [-0.2, 0) is 17.8 Å². The van der Waals surface area contributed by atoms with Gasteiger partial charge in [0.05, 0.1) is 12.1 Å². The topological polar surface area (TPSA) is 81.4 Å². The molecule has 0 spiro atoms. The lowest BCUT2D eigenvalue weighted by Gasteiger charge is -2.07. The average molecular weight is 420 g/mol. The Labute approximate surface area is 177 Å². The molecular weight excluding hydrogens is 400 g/mol. The highest BCUT2D eigenvalue weighted by molar-refractivity contribution is 7.09. The Kier molecular flexibility index (Phi) is 5.63. The largest absolute Gasteiger partial charge is 0.487 e. The Morgan fingerprint density at radius 1 is 1.13 bits per heavy atom. The summed E-state index contributed by atoms with van der Waals surface area (Å²) in [7, 11) is 0. The molecule has 7 heteroatoms. The SMILES string of the molecule is Cc1ccccc1NC(=O)Cc1nc(COc2ccc3c(C)cc(=O)oc3c2)cs1. The van der Waals surface area contributed by atoms with Crippen LogP contribution in [0.5, 0.6) is 5.75 Å². The Hall–Kier alpha value is -3.45. The van der Waals surface area contributed by atoms with Gasteiger partial charge in [-0.1, -0.05) is 18.2 Å². The van der Waals surface area contributed by atoms with E-state index in [4.69, 9.17) is 9.15 Å². The van der Waals surface area contributed by atoms with Gasteiger partial charge >= 0.3 is 5.63 Å². The van der Waals surface area contributed by atoms with Gasteiger partial charge in [0.15, 0.2) is 0 Å². The number of anilines is 1. The van der Waals surface area contributed by atoms with Crippen molar-refractivity contribution in [2.24, 2.45) is 0 Å². The first kappa shape index (κ1) is 19.8. The molecule has 0 fully saturated rings. The Morgan fingerprint density at radius 2 is 1.97 bits per heavy atom. The second-order valence-corrected chi connectivity index (χ2v) is 7.91. The fourth-order valence-electron chi connectivity index (χ4n) is 3.09. The molecule has 0 unspecified atom stereocenters. The fourth-order valence-corrected chi connectivity index (χ4v) is 3.87. The van der Waals surface area contributed by atoms with E-state index in [1.165, 1.54) is 17.4 Å². The van der Waals surface area contributed by atoms with Crippen LogP contribution in [0.1, 0.15) is 21.8 Å². The summed E-state index contributed by atoms with van der Waals surface area (Å²) >= 11 is 1.42. The minimum absolute atomic E-state index is 0.106. The first-order valence-corrected chi connectivity index (χ1v) is 10.3. The van der Waals surface area contributed by atoms with E-state index in [1.807, 2.05) is 55.6 Å². The molecule has 0 aliphatic rings. The Balaban J connectivity index is 1.38. The van der Waals surface area contributed by atoms with Crippen LogP contribution in [0.25, 0.3) is 11.0 Å². The van der Waals surface area contributed by atoms with E-state index >= 15 is 0 Å². The zero-order valence-electron chi connectivity index (χ0n) is 16.6. The molecule has 1 N–H and O–H groups in total. The molecule has 0 aliphatic carbocycles. The van der Waals surface area contributed by atoms with Crippen molar-refractivity contribution in [2.45, 2.75) is 26.9 Å². The van der Waals surface area contributed by atoms with Crippen molar-refractivity contribution in [2.75, 3.05) is 5.32 Å². The molecule has 0 aliphatic heterocycles. The van der Waals surface area contributed by atoms with E-state index in [9.17, 15) is 9.59 Å². The van der Waals surface area contributed by atoms with E-state index in [2.05, 4.69) is 10.3 Å². The van der Waals surface area contributed by atoms with Crippen molar-refractivity contribution in [1.82, 2.24) is 4.98 Å². The zero-order chi connectivity index (χ0) is 21.1. The number of rotatable bonds is 6. The van der Waals surface area contributed by atoms with Gasteiger partial charge in [-0.2, -0.15) is 0 Å². The number of para-hydroxylation sites is 1. The van der Waals surface area contributed by atoms with Crippen LogP contribution in [0.15, 0.2) is 63.1 Å². The molecule has 0 radical (unpaired) electrons. The molecule has 152 valence electrons. The molecule has 1 amide bonds. The van der Waals surface area contributed by atoms with Crippen molar-refractivity contribution < 1.29 is 13.9 Å². The summed E-state index contributed by atoms with van der Waals surface area (Å²) in [5.74, 6) is 0.481. The van der Waals surface area contributed by atoms with E-state index in [-0.39, 0.29) is 24.6 Å². The quantitative estimate of drug-likeness (QED) is 0.460. The van der Waals surface area contributed by atoms with Crippen LogP contribution >= 0.6 is 11.3 Å². The van der Waals surface area contributed by atoms with Gasteiger partial charge in [-0.3, -0.25) is 4.79 Å². The second-order valence-electron chi connectivity index (χ2n) is 6.97. The predicted molar refractivity (Wildman–Crippen MR) is 117 cm³/mol. The van der Waals surface area contributed by atoms with Crippen molar-refractivity contribution in [3.63, 3.8) is 0 Å². The summed E-state index contributed by atoms with van der Waals surface area (Å²) in [5.41, 5.74) is 3.53. The average Bonchev–Trinajstić information content (AvgIpc) is 3.15. The number of aromatic nitrogens is 1. The number of fused-ring (bicyclic) bond motifs is 1. The van der Waals surface area contributed by atoms with Gasteiger partial charge < -0.3 is 14.5 Å². The number of ether oxygens (including phenoxy) is 1. The molecule has 2 aromatic carbocycles. The number of carbonyl (C=O) groups is 1. The van der Waals surface area contributed by atoms with Crippen LogP contribution in [0.2, 0.25) is 0 Å². The van der Waals surface area contributed by atoms with Gasteiger partial charge in [-0.25, -0.2) is 9.78 Å². The van der Waals surface area contributed by atoms with E-state index < -0.39 is 0 Å². The number of thiazole rings is 1. The third-order valence-electron chi connectivity index (χ3n) is 4.64. The van der Waals surface area contributed by atoms with Crippen LogP contribution in [0, 0.1) is 13.8 Å². The van der Waals surface area contributed by atoms with Gasteiger partial charge in [-0.15, -0.1) is 11.3 Å². The summed E-state index contributed by atoms with van der Waals surface area (Å²) in [5, 5.41) is 6.38. The van der Waals surface area contributed by atoms with Crippen LogP contribution in [0.4, 0.5) is 5.69 Å². The van der Waals surface area contributed by atoms with Gasteiger partial charge in [-0.05, 0) is 43.2 Å². The molecule has 0 saturated carbocycles. The number of hydrogen-bond acceptors (Lipinski definition) is 6. The minimum atomic E-state index is -0.384. The Morgan fingerprint density at radius 3 is 2.80 bits per heavy atom. The maximum Gasteiger partial charge on any atom is 0.336 e. The van der Waals surface area contributed by atoms with Crippen molar-refractivity contribution in [3.05, 3.63) is 86.2 Å². The minimum Gasteiger partial charge on any atom is -0.487 e. The molecule has 4 aromatic rings. The van der Waals surface area contributed by atoms with E-state index in [0.29, 0.717) is 11.3 Å². The second kappa shape index (κ2) is 8.51. The lowest BCUT2D eigenvalue weighted by atomic mass is 10.1. The number of benzene rings is 2. The smallest absolute Gasteiger partial charge is 0.336 e. The molecule has 0 saturated heterocycles. The lowest BCUT2D eigenvalue weighted by Crippen LogP contribution is -2.15. The third-order valence-corrected chi connectivity index (χ3v) is 5.54. The first-order chi connectivity index (χ1) is 14.5. The highest BCUT2D eigenvalue weighted by Crippen LogP contribution is 2.23. The zero-order valence-corrected chi connectivity index (χ0v) is 17.4. The summed E-state index contributed by atoms with van der Waals surface area (Å²) < 4.78 is 11.0. The molecule has 30 heavy (non-hydrogen) atoms. The number of aryl methyl sites for hydroxylation is 2. The predicted octanol–water partition coefficient (Wildman–Crippen LogP) is 4.63. The van der Waals surface area contributed by atoms with Crippen LogP contribution in [-0.4, -0.2) is 10.9 Å². The summed E-state index contributed by atoms with van der Waals surface area (Å²) in [4.78, 5) is 28.3. The Bertz CT molecular complexity index is 1280. The molecule has 2 heterocycles. The molecule has 4 rings (SSSR count). The molecule has 0 bridgehead atoms. The highest BCUT2D eigenvalue weighted by Gasteiger charge is 2.10. The number of nitrogens with zero attached hydrogens (tertiary/aromatic N) is 1. The van der Waals surface area contributed by atoms with E-state index in [1.54, 1.807) is 6.07 Å². The third kappa shape index (κ3) is 4.58. The normalized spacial score (nSPS) is 10.9. The van der Waals surface area contributed by atoms with E-state index in [0.717, 1.165) is 32.9 Å². The summed E-state index contributed by atoms with van der Waals surface area (Å²) in [6.07, 6.45) is 0.208. The number of amides is 1. The number of carbonyl (C=O) groups excluding carboxylic acids is 1. The number of nitrogens with one attached hydrogen (secondary N) is 1. The summed E-state index contributed by atoms with van der Waals surface area (Å²) in [6, 6.07) is 14.5. The van der Waals surface area contributed by atoms with Crippen molar-refractivity contribution in [1.29, 1.82) is 0 Å². The first-order valence-electron chi connectivity index (χ1n) is 9.44. The monoisotopic (exact) mass is 420 g/mol. The molecular formula is C23H20N2O4S. The van der Waals surface area contributed by atoms with Gasteiger partial charge in [0.2, 0.25) is 5.91 Å². The summed E-state index contributed by atoms with van der Waals surface area (Å²) in [6.45, 7) is 4.08. The maximum atomic E-state index is 12.3. The van der Waals surface area contributed by atoms with Gasteiger partial charge in [0.25, 0.3) is 0 Å². The molecule has 2 aromatic heterocycles. The van der Waals surface area contributed by atoms with Crippen LogP contribution in [0.3, 0.4) is 0 Å². The standard InChI is InChI=1S/C23H20N2O4S/c1-14-5-3-4-6-19(14)25-21(26)11-22-24-16(13-30-22)12-28-17-7-8-18-15(2)9-23(27)29-20(18)10-17/h3-10,13H,11-12H2,1-2H3,(H,25,26). The van der Waals surface area contributed by atoms with Crippen molar-refractivity contribution >= 4 is 33.9 Å². The van der Waals surface area contributed by atoms with Gasteiger partial charge in [0.1, 0.15) is 22.9 Å². The fraction of sp³-hybridized carbons (Fsp3) is 0.174. The van der Waals surface area contributed by atoms with Crippen LogP contribution < -0.4 is 15.7 Å². The van der Waals surface area contributed by atoms with Gasteiger partial charge in [0, 0.05) is 28.6 Å². The lowest BCUT2D eigenvalue weighted by molar-refractivity contribution is -0.115. The molecule has 6 nitrogen and oxygen atoms in total. The molecule has 0 atom stereocenters.